The maximum Gasteiger partial charge on any atom is 0.267 e. The summed E-state index contributed by atoms with van der Waals surface area (Å²) in [6.45, 7) is 1.78. The summed E-state index contributed by atoms with van der Waals surface area (Å²) in [6, 6.07) is 5.41. The van der Waals surface area contributed by atoms with Crippen molar-refractivity contribution < 1.29 is 0 Å². The van der Waals surface area contributed by atoms with Crippen LogP contribution in [-0.2, 0) is 0 Å². The second kappa shape index (κ2) is 6.69. The number of nitrogens with zero attached hydrogens (tertiary/aromatic N) is 2. The molecular formula is C16H12Cl2N2OS2. The van der Waals surface area contributed by atoms with E-state index < -0.39 is 0 Å². The highest BCUT2D eigenvalue weighted by atomic mass is 35.5. The SMILES string of the molecule is CSc1nc2cscc2c(=O)n1-c1ccc(Cl)c(/C=C(\C)Cl)c1. The second-order valence-electron chi connectivity index (χ2n) is 4.85. The third-order valence-corrected chi connectivity index (χ3v) is 5.08. The van der Waals surface area contributed by atoms with E-state index in [2.05, 4.69) is 4.98 Å². The Balaban J connectivity index is 2.30. The van der Waals surface area contributed by atoms with Crippen LogP contribution in [0.15, 0.2) is 43.9 Å². The Hall–Kier alpha value is -1.27. The number of allylic oxidation sites excluding steroid dienone is 1. The lowest BCUT2D eigenvalue weighted by Gasteiger charge is -2.12. The Morgan fingerprint density at radius 3 is 2.87 bits per heavy atom. The van der Waals surface area contributed by atoms with Crippen LogP contribution in [0.1, 0.15) is 12.5 Å². The van der Waals surface area contributed by atoms with Crippen molar-refractivity contribution in [2.75, 3.05) is 6.26 Å². The van der Waals surface area contributed by atoms with Crippen LogP contribution in [-0.4, -0.2) is 15.8 Å². The van der Waals surface area contributed by atoms with Crippen molar-refractivity contribution in [3.63, 3.8) is 0 Å². The molecule has 0 bridgehead atoms. The first-order valence-electron chi connectivity index (χ1n) is 6.68. The molecule has 0 saturated heterocycles. The quantitative estimate of drug-likeness (QED) is 0.447. The summed E-state index contributed by atoms with van der Waals surface area (Å²) >= 11 is 15.1. The first-order valence-corrected chi connectivity index (χ1v) is 9.60. The Kier molecular flexibility index (Phi) is 4.82. The van der Waals surface area contributed by atoms with E-state index in [9.17, 15) is 4.79 Å². The van der Waals surface area contributed by atoms with E-state index in [0.717, 1.165) is 11.1 Å². The third kappa shape index (κ3) is 3.19. The van der Waals surface area contributed by atoms with Gasteiger partial charge in [0.25, 0.3) is 5.56 Å². The van der Waals surface area contributed by atoms with E-state index in [4.69, 9.17) is 23.2 Å². The Morgan fingerprint density at radius 2 is 2.17 bits per heavy atom. The van der Waals surface area contributed by atoms with Gasteiger partial charge in [0.2, 0.25) is 0 Å². The molecule has 0 aliphatic carbocycles. The van der Waals surface area contributed by atoms with Gasteiger partial charge in [0.15, 0.2) is 5.16 Å². The fraction of sp³-hybridized carbons (Fsp3) is 0.125. The van der Waals surface area contributed by atoms with Gasteiger partial charge in [0.1, 0.15) is 0 Å². The largest absolute Gasteiger partial charge is 0.268 e. The average molecular weight is 383 g/mol. The minimum absolute atomic E-state index is 0.0829. The maximum absolute atomic E-state index is 12.8. The minimum atomic E-state index is -0.0829. The van der Waals surface area contributed by atoms with Crippen molar-refractivity contribution in [2.45, 2.75) is 12.1 Å². The molecule has 0 spiro atoms. The lowest BCUT2D eigenvalue weighted by molar-refractivity contribution is 0.822. The fourth-order valence-corrected chi connectivity index (χ4v) is 3.84. The molecule has 3 rings (SSSR count). The molecule has 0 N–H and O–H groups in total. The average Bonchev–Trinajstić information content (AvgIpc) is 2.98. The van der Waals surface area contributed by atoms with Gasteiger partial charge < -0.3 is 0 Å². The number of hydrogen-bond donors (Lipinski definition) is 0. The normalized spacial score (nSPS) is 12.1. The molecule has 1 aromatic carbocycles. The molecule has 0 atom stereocenters. The molecule has 0 aliphatic heterocycles. The second-order valence-corrected chi connectivity index (χ2v) is 7.37. The van der Waals surface area contributed by atoms with Crippen LogP contribution in [0, 0.1) is 0 Å². The highest BCUT2D eigenvalue weighted by molar-refractivity contribution is 7.98. The number of halogens is 2. The van der Waals surface area contributed by atoms with Gasteiger partial charge in [-0.15, -0.1) is 11.3 Å². The zero-order valence-electron chi connectivity index (χ0n) is 12.3. The molecule has 0 fully saturated rings. The van der Waals surface area contributed by atoms with Crippen LogP contribution in [0.4, 0.5) is 0 Å². The zero-order chi connectivity index (χ0) is 16.6. The molecule has 0 unspecified atom stereocenters. The summed E-state index contributed by atoms with van der Waals surface area (Å²) in [6.07, 6.45) is 3.67. The summed E-state index contributed by atoms with van der Waals surface area (Å²) in [5.41, 5.74) is 2.13. The van der Waals surface area contributed by atoms with Gasteiger partial charge in [-0.25, -0.2) is 4.98 Å². The van der Waals surface area contributed by atoms with E-state index in [1.165, 1.54) is 23.1 Å². The van der Waals surface area contributed by atoms with Crippen LogP contribution in [0.5, 0.6) is 0 Å². The summed E-state index contributed by atoms with van der Waals surface area (Å²) in [4.78, 5) is 17.4. The Bertz CT molecular complexity index is 972. The van der Waals surface area contributed by atoms with Gasteiger partial charge >= 0.3 is 0 Å². The lowest BCUT2D eigenvalue weighted by Crippen LogP contribution is -2.21. The summed E-state index contributed by atoms with van der Waals surface area (Å²) < 4.78 is 1.61. The van der Waals surface area contributed by atoms with Crippen molar-refractivity contribution >= 4 is 63.3 Å². The monoisotopic (exact) mass is 382 g/mol. The number of fused-ring (bicyclic) bond motifs is 1. The number of thiophene rings is 1. The lowest BCUT2D eigenvalue weighted by atomic mass is 10.2. The van der Waals surface area contributed by atoms with Crippen LogP contribution in [0.2, 0.25) is 5.02 Å². The van der Waals surface area contributed by atoms with Crippen LogP contribution < -0.4 is 5.56 Å². The first-order chi connectivity index (χ1) is 11.0. The third-order valence-electron chi connectivity index (χ3n) is 3.26. The molecule has 2 aromatic heterocycles. The summed E-state index contributed by atoms with van der Waals surface area (Å²) in [5.74, 6) is 0. The van der Waals surface area contributed by atoms with E-state index in [0.29, 0.717) is 26.3 Å². The minimum Gasteiger partial charge on any atom is -0.268 e. The van der Waals surface area contributed by atoms with Crippen LogP contribution >= 0.6 is 46.3 Å². The highest BCUT2D eigenvalue weighted by Crippen LogP contribution is 2.26. The highest BCUT2D eigenvalue weighted by Gasteiger charge is 2.13. The molecule has 0 amide bonds. The topological polar surface area (TPSA) is 34.9 Å². The number of benzene rings is 1. The predicted molar refractivity (Wildman–Crippen MR) is 102 cm³/mol. The maximum atomic E-state index is 12.8. The predicted octanol–water partition coefficient (Wildman–Crippen LogP) is 5.42. The van der Waals surface area contributed by atoms with Gasteiger partial charge in [-0.2, -0.15) is 0 Å². The Labute approximate surface area is 151 Å². The van der Waals surface area contributed by atoms with E-state index in [-0.39, 0.29) is 5.56 Å². The van der Waals surface area contributed by atoms with E-state index in [1.54, 1.807) is 23.6 Å². The van der Waals surface area contributed by atoms with Gasteiger partial charge in [-0.1, -0.05) is 35.0 Å². The van der Waals surface area contributed by atoms with Gasteiger partial charge in [0, 0.05) is 20.8 Å². The summed E-state index contributed by atoms with van der Waals surface area (Å²) in [7, 11) is 0. The van der Waals surface area contributed by atoms with Gasteiger partial charge in [-0.3, -0.25) is 9.36 Å². The molecule has 7 heteroatoms. The molecule has 2 heterocycles. The number of hydrogen-bond acceptors (Lipinski definition) is 4. The zero-order valence-corrected chi connectivity index (χ0v) is 15.5. The molecule has 0 radical (unpaired) electrons. The number of aromatic nitrogens is 2. The van der Waals surface area contributed by atoms with Crippen molar-refractivity contribution in [2.24, 2.45) is 0 Å². The molecule has 3 aromatic rings. The molecule has 3 nitrogen and oxygen atoms in total. The smallest absolute Gasteiger partial charge is 0.267 e. The standard InChI is InChI=1S/C16H12Cl2N2OS2/c1-9(17)5-10-6-11(3-4-13(10)18)20-15(21)12-7-23-8-14(12)19-16(20)22-2/h3-8H,1-2H3/b9-5+. The van der Waals surface area contributed by atoms with Gasteiger partial charge in [0.05, 0.1) is 16.6 Å². The van der Waals surface area contributed by atoms with Crippen molar-refractivity contribution in [3.05, 3.63) is 54.9 Å². The summed E-state index contributed by atoms with van der Waals surface area (Å²) in [5, 5.41) is 6.16. The van der Waals surface area contributed by atoms with Crippen molar-refractivity contribution in [1.82, 2.24) is 9.55 Å². The van der Waals surface area contributed by atoms with Gasteiger partial charge in [-0.05, 0) is 43.0 Å². The number of thioether (sulfide) groups is 1. The molecule has 0 aliphatic rings. The van der Waals surface area contributed by atoms with Crippen LogP contribution in [0.3, 0.4) is 0 Å². The Morgan fingerprint density at radius 1 is 1.39 bits per heavy atom. The first kappa shape index (κ1) is 16.6. The fourth-order valence-electron chi connectivity index (χ4n) is 2.26. The van der Waals surface area contributed by atoms with E-state index in [1.807, 2.05) is 29.1 Å². The molecule has 23 heavy (non-hydrogen) atoms. The number of rotatable bonds is 3. The van der Waals surface area contributed by atoms with E-state index >= 15 is 0 Å². The molecule has 0 saturated carbocycles. The van der Waals surface area contributed by atoms with Crippen LogP contribution in [0.25, 0.3) is 22.7 Å². The molecule has 118 valence electrons. The molecular weight excluding hydrogens is 371 g/mol. The van der Waals surface area contributed by atoms with Crippen molar-refractivity contribution in [3.8, 4) is 5.69 Å². The van der Waals surface area contributed by atoms with Crippen molar-refractivity contribution in [1.29, 1.82) is 0 Å².